The number of nitrogens with zero attached hydrogens (tertiary/aromatic N) is 4. The maximum Gasteiger partial charge on any atom is 0.261 e. The van der Waals surface area contributed by atoms with Gasteiger partial charge in [0.15, 0.2) is 0 Å². The highest BCUT2D eigenvalue weighted by Crippen LogP contribution is 2.40. The van der Waals surface area contributed by atoms with Crippen LogP contribution in [-0.4, -0.2) is 64.9 Å². The molecule has 0 saturated carbocycles. The first-order valence-electron chi connectivity index (χ1n) is 18.5. The molecule has 0 spiro atoms. The van der Waals surface area contributed by atoms with E-state index in [0.29, 0.717) is 59.7 Å². The second kappa shape index (κ2) is 17.4. The van der Waals surface area contributed by atoms with Crippen LogP contribution in [0.15, 0.2) is 82.8 Å². The van der Waals surface area contributed by atoms with E-state index in [2.05, 4.69) is 32.0 Å². The van der Waals surface area contributed by atoms with Crippen LogP contribution in [0.5, 0.6) is 11.5 Å². The van der Waals surface area contributed by atoms with Gasteiger partial charge in [-0.1, -0.05) is 52.3 Å². The molecule has 4 aliphatic heterocycles. The number of anilines is 2. The van der Waals surface area contributed by atoms with Gasteiger partial charge in [0.1, 0.15) is 23.1 Å². The smallest absolute Gasteiger partial charge is 0.261 e. The molecule has 8 rings (SSSR count). The summed E-state index contributed by atoms with van der Waals surface area (Å²) in [5, 5.41) is 10.8. The molecule has 0 fully saturated rings. The summed E-state index contributed by atoms with van der Waals surface area (Å²) < 4.78 is 5.83. The standard InChI is InChI=1S/C22H22N2O3.C17H14N2O2.C5H9BrO/c1-14-10-18-19(12-21(14)27-9-5-6-15(2)25)23-13-17-11-16-7-3-4-8-20(16)24(17)22(18)26;1-10-6-13-14(8-16(10)20)18-9-12-7-11-4-2-3-5-15(11)19(12)17(13)21;1-5(7)3-2-4-6/h3-4,7-8,10,12-13,17H,5-6,9,11H2,1-2H3;2-6,8-9,12,20H,7H2,1H3;2-4H2,1H3/t17-;12-;/m00./s1. The molecule has 11 heteroatoms. The highest BCUT2D eigenvalue weighted by atomic mass is 79.9. The molecule has 284 valence electrons. The van der Waals surface area contributed by atoms with Gasteiger partial charge in [-0.25, -0.2) is 0 Å². The zero-order valence-corrected chi connectivity index (χ0v) is 33.1. The minimum absolute atomic E-state index is 0.0244. The Balaban J connectivity index is 0.000000163. The molecule has 0 unspecified atom stereocenters. The molecule has 0 aliphatic carbocycles. The Labute approximate surface area is 330 Å². The first-order chi connectivity index (χ1) is 26.5. The zero-order chi connectivity index (χ0) is 39.2. The lowest BCUT2D eigenvalue weighted by Gasteiger charge is -2.21. The van der Waals surface area contributed by atoms with Gasteiger partial charge in [0.2, 0.25) is 0 Å². The van der Waals surface area contributed by atoms with Crippen molar-refractivity contribution < 1.29 is 29.0 Å². The van der Waals surface area contributed by atoms with Crippen LogP contribution in [0.3, 0.4) is 0 Å². The highest BCUT2D eigenvalue weighted by Gasteiger charge is 2.37. The van der Waals surface area contributed by atoms with Crippen LogP contribution in [-0.2, 0) is 22.4 Å². The number of amides is 2. The van der Waals surface area contributed by atoms with Crippen LogP contribution < -0.4 is 14.5 Å². The fourth-order valence-corrected chi connectivity index (χ4v) is 7.35. The quantitative estimate of drug-likeness (QED) is 0.140. The van der Waals surface area contributed by atoms with Gasteiger partial charge in [0.25, 0.3) is 11.8 Å². The molecule has 0 radical (unpaired) electrons. The summed E-state index contributed by atoms with van der Waals surface area (Å²) in [6, 6.07) is 22.8. The molecule has 2 amide bonds. The number of aryl methyl sites for hydroxylation is 2. The van der Waals surface area contributed by atoms with Crippen LogP contribution in [0.1, 0.15) is 82.5 Å². The van der Waals surface area contributed by atoms with E-state index in [1.807, 2.05) is 72.6 Å². The molecular weight excluding hydrogens is 760 g/mol. The van der Waals surface area contributed by atoms with E-state index < -0.39 is 0 Å². The Kier molecular flexibility index (Phi) is 12.4. The summed E-state index contributed by atoms with van der Waals surface area (Å²) in [5.74, 6) is 1.24. The molecule has 0 saturated heterocycles. The number of carbonyl (C=O) groups excluding carboxylic acids is 4. The van der Waals surface area contributed by atoms with Crippen molar-refractivity contribution in [1.29, 1.82) is 0 Å². The van der Waals surface area contributed by atoms with Crippen molar-refractivity contribution >= 4 is 74.5 Å². The first-order valence-corrected chi connectivity index (χ1v) is 19.7. The maximum absolute atomic E-state index is 13.2. The molecule has 4 aliphatic rings. The van der Waals surface area contributed by atoms with Gasteiger partial charge in [0.05, 0.1) is 41.2 Å². The SMILES string of the molecule is CC(=O)CCCBr.CC(=O)CCCOc1cc2c(cc1C)C(=O)N1c3ccccc3C[C@H]1C=N2.Cc1cc2c(cc1O)N=C[C@@H]1Cc3ccccc3N1C2=O. The van der Waals surface area contributed by atoms with E-state index in [-0.39, 0.29) is 41.2 Å². The van der Waals surface area contributed by atoms with E-state index in [4.69, 9.17) is 4.74 Å². The number of aromatic hydroxyl groups is 1. The van der Waals surface area contributed by atoms with Crippen molar-refractivity contribution in [2.75, 3.05) is 21.7 Å². The number of hydrogen-bond donors (Lipinski definition) is 1. The predicted molar refractivity (Wildman–Crippen MR) is 221 cm³/mol. The Morgan fingerprint density at radius 3 is 1.75 bits per heavy atom. The number of para-hydroxylation sites is 2. The summed E-state index contributed by atoms with van der Waals surface area (Å²) in [6.45, 7) is 7.38. The van der Waals surface area contributed by atoms with Crippen molar-refractivity contribution in [3.05, 3.63) is 106 Å². The maximum atomic E-state index is 13.2. The summed E-state index contributed by atoms with van der Waals surface area (Å²) >= 11 is 3.23. The van der Waals surface area contributed by atoms with Crippen molar-refractivity contribution in [3.8, 4) is 11.5 Å². The van der Waals surface area contributed by atoms with Crippen molar-refractivity contribution in [3.63, 3.8) is 0 Å². The normalized spacial score (nSPS) is 16.8. The van der Waals surface area contributed by atoms with Gasteiger partial charge >= 0.3 is 0 Å². The molecule has 2 atom stereocenters. The van der Waals surface area contributed by atoms with E-state index in [1.54, 1.807) is 44.0 Å². The average molecular weight is 806 g/mol. The number of rotatable bonds is 8. The topological polar surface area (TPSA) is 129 Å². The molecule has 10 nitrogen and oxygen atoms in total. The predicted octanol–water partition coefficient (Wildman–Crippen LogP) is 8.77. The molecule has 1 N–H and O–H groups in total. The third-order valence-electron chi connectivity index (χ3n) is 9.89. The lowest BCUT2D eigenvalue weighted by molar-refractivity contribution is -0.117. The fourth-order valence-electron chi connectivity index (χ4n) is 7.07. The Morgan fingerprint density at radius 1 is 0.745 bits per heavy atom. The molecule has 55 heavy (non-hydrogen) atoms. The fraction of sp³-hybridized carbons (Fsp3) is 0.318. The zero-order valence-electron chi connectivity index (χ0n) is 31.5. The summed E-state index contributed by atoms with van der Waals surface area (Å²) in [4.78, 5) is 60.1. The van der Waals surface area contributed by atoms with Crippen molar-refractivity contribution in [1.82, 2.24) is 0 Å². The minimum atomic E-state index is -0.0550. The number of carbonyl (C=O) groups is 4. The summed E-state index contributed by atoms with van der Waals surface area (Å²) in [5.41, 5.74) is 8.16. The number of phenolic OH excluding ortho intramolecular Hbond substituents is 1. The van der Waals surface area contributed by atoms with Gasteiger partial charge in [-0.05, 0) is 87.1 Å². The average Bonchev–Trinajstić information content (AvgIpc) is 3.66. The number of halogens is 1. The largest absolute Gasteiger partial charge is 0.508 e. The van der Waals surface area contributed by atoms with E-state index >= 15 is 0 Å². The van der Waals surface area contributed by atoms with E-state index in [1.165, 1.54) is 11.1 Å². The lowest BCUT2D eigenvalue weighted by Crippen LogP contribution is -2.37. The number of phenols is 1. The number of fused-ring (bicyclic) bond motifs is 8. The number of aliphatic imine (C=N–C) groups is 2. The minimum Gasteiger partial charge on any atom is -0.508 e. The third-order valence-corrected chi connectivity index (χ3v) is 10.5. The van der Waals surface area contributed by atoms with E-state index in [0.717, 1.165) is 41.5 Å². The summed E-state index contributed by atoms with van der Waals surface area (Å²) in [6.07, 6.45) is 8.10. The van der Waals surface area contributed by atoms with Crippen LogP contribution in [0.4, 0.5) is 22.7 Å². The van der Waals surface area contributed by atoms with Gasteiger partial charge in [-0.2, -0.15) is 0 Å². The lowest BCUT2D eigenvalue weighted by atomic mass is 10.1. The van der Waals surface area contributed by atoms with Crippen LogP contribution in [0, 0.1) is 13.8 Å². The number of ether oxygens (including phenoxy) is 1. The number of alkyl halides is 1. The van der Waals surface area contributed by atoms with Crippen LogP contribution in [0.2, 0.25) is 0 Å². The number of hydrogen-bond acceptors (Lipinski definition) is 8. The molecule has 4 aromatic carbocycles. The van der Waals surface area contributed by atoms with Gasteiger partial charge < -0.3 is 19.4 Å². The van der Waals surface area contributed by atoms with Gasteiger partial charge in [-0.15, -0.1) is 0 Å². The number of Topliss-reactive ketones (excluding diaryl/α,β-unsaturated/α-hetero) is 2. The Bertz CT molecular complexity index is 2200. The second-order valence-corrected chi connectivity index (χ2v) is 14.9. The molecule has 4 aromatic rings. The number of ketones is 2. The Hall–Kier alpha value is -5.42. The van der Waals surface area contributed by atoms with Crippen LogP contribution >= 0.6 is 15.9 Å². The molecule has 0 bridgehead atoms. The molecular formula is C44H45BrN4O6. The van der Waals surface area contributed by atoms with E-state index in [9.17, 15) is 24.3 Å². The second-order valence-electron chi connectivity index (χ2n) is 14.1. The molecule has 4 heterocycles. The monoisotopic (exact) mass is 804 g/mol. The molecule has 0 aromatic heterocycles. The highest BCUT2D eigenvalue weighted by molar-refractivity contribution is 9.09. The Morgan fingerprint density at radius 2 is 1.24 bits per heavy atom. The van der Waals surface area contributed by atoms with Crippen molar-refractivity contribution in [2.24, 2.45) is 9.98 Å². The summed E-state index contributed by atoms with van der Waals surface area (Å²) in [7, 11) is 0. The number of benzene rings is 4. The van der Waals surface area contributed by atoms with Gasteiger partial charge in [-0.3, -0.25) is 29.4 Å². The van der Waals surface area contributed by atoms with Crippen molar-refractivity contribution in [2.45, 2.75) is 78.3 Å². The third kappa shape index (κ3) is 8.78. The van der Waals surface area contributed by atoms with Crippen LogP contribution in [0.25, 0.3) is 0 Å². The van der Waals surface area contributed by atoms with Gasteiger partial charge in [0, 0.05) is 67.0 Å². The first kappa shape index (κ1) is 39.3.